The number of ether oxygens (including phenoxy) is 1. The third-order valence-electron chi connectivity index (χ3n) is 4.97. The van der Waals surface area contributed by atoms with Crippen molar-refractivity contribution in [3.63, 3.8) is 0 Å². The van der Waals surface area contributed by atoms with Crippen molar-refractivity contribution in [2.75, 3.05) is 37.7 Å². The molecule has 6 nitrogen and oxygen atoms in total. The Morgan fingerprint density at radius 3 is 2.80 bits per heavy atom. The Hall–Kier alpha value is -1.79. The van der Waals surface area contributed by atoms with Crippen molar-refractivity contribution < 1.29 is 14.3 Å². The van der Waals surface area contributed by atoms with Crippen LogP contribution < -0.4 is 15.4 Å². The van der Waals surface area contributed by atoms with Gasteiger partial charge in [-0.05, 0) is 36.9 Å². The van der Waals surface area contributed by atoms with E-state index in [0.717, 1.165) is 31.6 Å². The normalized spacial score (nSPS) is 22.9. The fourth-order valence-corrected chi connectivity index (χ4v) is 3.30. The van der Waals surface area contributed by atoms with Gasteiger partial charge >= 0.3 is 0 Å². The zero-order chi connectivity index (χ0) is 17.2. The van der Waals surface area contributed by atoms with E-state index in [9.17, 15) is 9.59 Å². The van der Waals surface area contributed by atoms with Gasteiger partial charge in [0, 0.05) is 37.8 Å². The van der Waals surface area contributed by atoms with Gasteiger partial charge < -0.3 is 20.3 Å². The van der Waals surface area contributed by atoms with Crippen molar-refractivity contribution in [2.24, 2.45) is 11.1 Å². The van der Waals surface area contributed by atoms with E-state index in [1.54, 1.807) is 4.90 Å². The van der Waals surface area contributed by atoms with Gasteiger partial charge in [0.25, 0.3) is 5.91 Å². The number of anilines is 1. The van der Waals surface area contributed by atoms with Gasteiger partial charge in [0.1, 0.15) is 5.75 Å². The number of benzene rings is 1. The van der Waals surface area contributed by atoms with E-state index in [-0.39, 0.29) is 36.2 Å². The summed E-state index contributed by atoms with van der Waals surface area (Å²) >= 11 is 0. The fraction of sp³-hybridized carbons (Fsp3) is 0.556. The summed E-state index contributed by atoms with van der Waals surface area (Å²) in [5, 5.41) is 0. The van der Waals surface area contributed by atoms with Crippen LogP contribution in [0.3, 0.4) is 0 Å². The molecule has 0 aliphatic carbocycles. The lowest BCUT2D eigenvalue weighted by molar-refractivity contribution is -0.132. The summed E-state index contributed by atoms with van der Waals surface area (Å²) in [5.74, 6) is 0.734. The summed E-state index contributed by atoms with van der Waals surface area (Å²) in [7, 11) is 0. The summed E-state index contributed by atoms with van der Waals surface area (Å²) in [4.78, 5) is 27.7. The Morgan fingerprint density at radius 1 is 1.36 bits per heavy atom. The van der Waals surface area contributed by atoms with Crippen molar-refractivity contribution in [3.05, 3.63) is 24.3 Å². The molecular formula is C18H26ClN3O3. The Morgan fingerprint density at radius 2 is 2.16 bits per heavy atom. The van der Waals surface area contributed by atoms with Crippen LogP contribution in [0.4, 0.5) is 5.69 Å². The van der Waals surface area contributed by atoms with E-state index in [4.69, 9.17) is 10.5 Å². The van der Waals surface area contributed by atoms with Crippen LogP contribution in [0.5, 0.6) is 5.75 Å². The molecule has 7 heteroatoms. The Bertz CT molecular complexity index is 640. The zero-order valence-electron chi connectivity index (χ0n) is 14.6. The molecule has 2 aliphatic heterocycles. The average Bonchev–Trinajstić information content (AvgIpc) is 3.19. The first-order chi connectivity index (χ1) is 11.5. The molecule has 0 radical (unpaired) electrons. The number of rotatable bonds is 5. The number of carbonyl (C=O) groups excluding carboxylic acids is 2. The van der Waals surface area contributed by atoms with Crippen molar-refractivity contribution in [2.45, 2.75) is 26.2 Å². The number of hydrogen-bond donors (Lipinski definition) is 1. The lowest BCUT2D eigenvalue weighted by Gasteiger charge is -2.22. The van der Waals surface area contributed by atoms with E-state index >= 15 is 0 Å². The molecule has 0 aromatic heterocycles. The van der Waals surface area contributed by atoms with Gasteiger partial charge in [0.05, 0.1) is 0 Å². The van der Waals surface area contributed by atoms with Crippen LogP contribution in [0.15, 0.2) is 24.3 Å². The summed E-state index contributed by atoms with van der Waals surface area (Å²) in [6, 6.07) is 7.38. The van der Waals surface area contributed by atoms with Crippen LogP contribution in [-0.4, -0.2) is 49.5 Å². The van der Waals surface area contributed by atoms with Crippen LogP contribution in [0.1, 0.15) is 26.2 Å². The van der Waals surface area contributed by atoms with Gasteiger partial charge in [-0.2, -0.15) is 0 Å². The van der Waals surface area contributed by atoms with E-state index in [1.807, 2.05) is 29.2 Å². The number of carbonyl (C=O) groups is 2. The summed E-state index contributed by atoms with van der Waals surface area (Å²) < 4.78 is 5.66. The number of amides is 2. The Kier molecular flexibility index (Phi) is 6.30. The second-order valence-corrected chi connectivity index (χ2v) is 7.02. The number of halogens is 1. The maximum Gasteiger partial charge on any atom is 0.260 e. The standard InChI is InChI=1S/C18H25N3O3.ClH/c1-18(12-19)7-9-20(13-18)17(23)11-24-15-5-2-4-14(10-15)21-8-3-6-16(21)22;/h2,4-5,10H,3,6-9,11-13,19H2,1H3;1H. The maximum absolute atomic E-state index is 12.3. The highest BCUT2D eigenvalue weighted by Crippen LogP contribution is 2.29. The minimum atomic E-state index is -0.0187. The molecule has 2 N–H and O–H groups in total. The van der Waals surface area contributed by atoms with Gasteiger partial charge in [-0.25, -0.2) is 0 Å². The molecule has 2 amide bonds. The quantitative estimate of drug-likeness (QED) is 0.861. The van der Waals surface area contributed by atoms with Gasteiger partial charge in [-0.15, -0.1) is 12.4 Å². The molecule has 25 heavy (non-hydrogen) atoms. The first kappa shape index (κ1) is 19.5. The number of hydrogen-bond acceptors (Lipinski definition) is 4. The highest BCUT2D eigenvalue weighted by Gasteiger charge is 2.34. The summed E-state index contributed by atoms with van der Waals surface area (Å²) in [6.07, 6.45) is 2.41. The Labute approximate surface area is 154 Å². The van der Waals surface area contributed by atoms with Crippen molar-refractivity contribution in [1.29, 1.82) is 0 Å². The molecular weight excluding hydrogens is 342 g/mol. The van der Waals surface area contributed by atoms with E-state index < -0.39 is 0 Å². The number of nitrogens with zero attached hydrogens (tertiary/aromatic N) is 2. The number of likely N-dealkylation sites (tertiary alicyclic amines) is 1. The monoisotopic (exact) mass is 367 g/mol. The number of nitrogens with two attached hydrogens (primary N) is 1. The molecule has 0 spiro atoms. The summed E-state index contributed by atoms with van der Waals surface area (Å²) in [5.41, 5.74) is 6.63. The molecule has 0 bridgehead atoms. The van der Waals surface area contributed by atoms with Crippen LogP contribution in [-0.2, 0) is 9.59 Å². The molecule has 2 saturated heterocycles. The van der Waals surface area contributed by atoms with Gasteiger partial charge in [-0.3, -0.25) is 9.59 Å². The predicted octanol–water partition coefficient (Wildman–Crippen LogP) is 1.81. The van der Waals surface area contributed by atoms with Gasteiger partial charge in [0.2, 0.25) is 5.91 Å². The highest BCUT2D eigenvalue weighted by molar-refractivity contribution is 5.95. The molecule has 138 valence electrons. The van der Waals surface area contributed by atoms with Crippen molar-refractivity contribution in [3.8, 4) is 5.75 Å². The van der Waals surface area contributed by atoms with Crippen molar-refractivity contribution >= 4 is 29.9 Å². The minimum absolute atomic E-state index is 0. The molecule has 1 aromatic carbocycles. The lowest BCUT2D eigenvalue weighted by Crippen LogP contribution is -2.36. The smallest absolute Gasteiger partial charge is 0.260 e. The Balaban J connectivity index is 0.00000225. The van der Waals surface area contributed by atoms with Crippen LogP contribution >= 0.6 is 12.4 Å². The maximum atomic E-state index is 12.3. The molecule has 2 fully saturated rings. The molecule has 1 aromatic rings. The van der Waals surface area contributed by atoms with E-state index in [2.05, 4.69) is 6.92 Å². The van der Waals surface area contributed by atoms with Gasteiger partial charge in [0.15, 0.2) is 6.61 Å². The average molecular weight is 368 g/mol. The van der Waals surface area contributed by atoms with E-state index in [0.29, 0.717) is 25.3 Å². The molecule has 0 saturated carbocycles. The molecule has 2 aliphatic rings. The topological polar surface area (TPSA) is 75.9 Å². The second-order valence-electron chi connectivity index (χ2n) is 7.02. The van der Waals surface area contributed by atoms with Crippen LogP contribution in [0.25, 0.3) is 0 Å². The first-order valence-electron chi connectivity index (χ1n) is 8.52. The minimum Gasteiger partial charge on any atom is -0.484 e. The van der Waals surface area contributed by atoms with Crippen LogP contribution in [0, 0.1) is 5.41 Å². The highest BCUT2D eigenvalue weighted by atomic mass is 35.5. The van der Waals surface area contributed by atoms with Gasteiger partial charge in [-0.1, -0.05) is 13.0 Å². The lowest BCUT2D eigenvalue weighted by atomic mass is 9.90. The molecule has 1 atom stereocenters. The predicted molar refractivity (Wildman–Crippen MR) is 99.1 cm³/mol. The second kappa shape index (κ2) is 8.06. The van der Waals surface area contributed by atoms with E-state index in [1.165, 1.54) is 0 Å². The molecule has 2 heterocycles. The third-order valence-corrected chi connectivity index (χ3v) is 4.97. The summed E-state index contributed by atoms with van der Waals surface area (Å²) in [6.45, 7) is 4.87. The SMILES string of the molecule is CC1(CN)CCN(C(=O)COc2cccc(N3CCCC3=O)c2)C1.Cl. The first-order valence-corrected chi connectivity index (χ1v) is 8.52. The third kappa shape index (κ3) is 4.44. The zero-order valence-corrected chi connectivity index (χ0v) is 15.4. The molecule has 1 unspecified atom stereocenters. The fourth-order valence-electron chi connectivity index (χ4n) is 3.30. The largest absolute Gasteiger partial charge is 0.484 e. The molecule has 3 rings (SSSR count). The van der Waals surface area contributed by atoms with Crippen LogP contribution in [0.2, 0.25) is 0 Å². The van der Waals surface area contributed by atoms with Crippen molar-refractivity contribution in [1.82, 2.24) is 4.90 Å².